The number of nitrogens with two attached hydrogens (primary N) is 1. The van der Waals surface area contributed by atoms with Gasteiger partial charge in [-0.3, -0.25) is 0 Å². The molecule has 0 aliphatic heterocycles. The molecule has 0 aliphatic rings. The van der Waals surface area contributed by atoms with Gasteiger partial charge < -0.3 is 24.7 Å². The van der Waals surface area contributed by atoms with Gasteiger partial charge in [0.25, 0.3) is 9.05 Å². The first-order valence-electron chi connectivity index (χ1n) is 12.5. The second kappa shape index (κ2) is 14.0. The molecule has 0 saturated carbocycles. The highest BCUT2D eigenvalue weighted by atomic mass is 35.7. The Hall–Kier alpha value is -4.02. The Kier molecular flexibility index (Phi) is 10.8. The minimum Gasteiger partial charge on any atom is -0.493 e. The SMILES string of the molecule is CCc1ccc(Oc2ccc(N)cc2F)c(OC)c1.CCc1ccc(Oc2ccc(S(=O)(=O)Cl)cc2F)c(OC)c1. The summed E-state index contributed by atoms with van der Waals surface area (Å²) >= 11 is 0. The maximum Gasteiger partial charge on any atom is 0.261 e. The van der Waals surface area contributed by atoms with Gasteiger partial charge in [0.1, 0.15) is 0 Å². The molecule has 4 rings (SSSR count). The summed E-state index contributed by atoms with van der Waals surface area (Å²) in [6, 6.07) is 18.4. The van der Waals surface area contributed by atoms with Gasteiger partial charge in [0.05, 0.1) is 19.1 Å². The molecule has 4 aromatic rings. The van der Waals surface area contributed by atoms with Crippen LogP contribution in [0.3, 0.4) is 0 Å². The van der Waals surface area contributed by atoms with E-state index in [2.05, 4.69) is 6.92 Å². The van der Waals surface area contributed by atoms with Crippen molar-refractivity contribution in [2.24, 2.45) is 0 Å². The highest BCUT2D eigenvalue weighted by Gasteiger charge is 2.16. The van der Waals surface area contributed by atoms with E-state index < -0.39 is 20.7 Å². The molecule has 2 N–H and O–H groups in total. The summed E-state index contributed by atoms with van der Waals surface area (Å²) in [6.45, 7) is 4.05. The van der Waals surface area contributed by atoms with E-state index in [-0.39, 0.29) is 16.4 Å². The molecule has 218 valence electrons. The van der Waals surface area contributed by atoms with Crippen LogP contribution in [0, 0.1) is 11.6 Å². The van der Waals surface area contributed by atoms with E-state index in [1.165, 1.54) is 31.4 Å². The standard InChI is InChI=1S/C15H14ClFO4S.C15H16FNO2/c1-3-10-4-6-14(15(8-10)20-2)21-13-7-5-11(9-12(13)17)22(16,18)19;1-3-10-4-6-14(15(8-10)18-2)19-13-7-5-11(17)9-12(13)16/h4-9H,3H2,1-2H3;4-9H,3,17H2,1-2H3. The van der Waals surface area contributed by atoms with Crippen LogP contribution < -0.4 is 24.7 Å². The summed E-state index contributed by atoms with van der Waals surface area (Å²) in [5.74, 6) is 0.528. The fourth-order valence-corrected chi connectivity index (χ4v) is 4.35. The van der Waals surface area contributed by atoms with E-state index in [1.807, 2.05) is 25.1 Å². The van der Waals surface area contributed by atoms with Crippen LogP contribution in [0.4, 0.5) is 14.5 Å². The molecular formula is C30H30ClF2NO6S. The third-order valence-electron chi connectivity index (χ3n) is 5.85. The van der Waals surface area contributed by atoms with E-state index in [0.717, 1.165) is 30.0 Å². The normalized spacial score (nSPS) is 10.8. The minimum absolute atomic E-state index is 0.119. The van der Waals surface area contributed by atoms with Gasteiger partial charge in [-0.1, -0.05) is 26.0 Å². The number of rotatable bonds is 9. The van der Waals surface area contributed by atoms with Crippen molar-refractivity contribution in [3.05, 3.63) is 95.6 Å². The lowest BCUT2D eigenvalue weighted by atomic mass is 10.1. The molecule has 41 heavy (non-hydrogen) atoms. The van der Waals surface area contributed by atoms with Crippen LogP contribution in [-0.4, -0.2) is 22.6 Å². The number of nitrogen functional groups attached to an aromatic ring is 1. The highest BCUT2D eigenvalue weighted by molar-refractivity contribution is 8.13. The summed E-state index contributed by atoms with van der Waals surface area (Å²) in [6.07, 6.45) is 1.72. The lowest BCUT2D eigenvalue weighted by Crippen LogP contribution is -1.96. The fraction of sp³-hybridized carbons (Fsp3) is 0.200. The Morgan fingerprint density at radius 2 is 1.10 bits per heavy atom. The minimum atomic E-state index is -3.98. The van der Waals surface area contributed by atoms with E-state index in [4.69, 9.17) is 35.4 Å². The van der Waals surface area contributed by atoms with Gasteiger partial charge in [-0.15, -0.1) is 0 Å². The van der Waals surface area contributed by atoms with Crippen LogP contribution in [0.2, 0.25) is 0 Å². The van der Waals surface area contributed by atoms with Crippen molar-refractivity contribution >= 4 is 25.4 Å². The van der Waals surface area contributed by atoms with Crippen molar-refractivity contribution in [2.45, 2.75) is 31.6 Å². The van der Waals surface area contributed by atoms with Crippen LogP contribution in [0.25, 0.3) is 0 Å². The van der Waals surface area contributed by atoms with Gasteiger partial charge in [-0.2, -0.15) is 0 Å². The number of halogens is 3. The van der Waals surface area contributed by atoms with Crippen LogP contribution in [-0.2, 0) is 21.9 Å². The zero-order chi connectivity index (χ0) is 30.2. The lowest BCUT2D eigenvalue weighted by Gasteiger charge is -2.12. The van der Waals surface area contributed by atoms with Crippen molar-refractivity contribution in [3.63, 3.8) is 0 Å². The average Bonchev–Trinajstić information content (AvgIpc) is 2.95. The molecule has 11 heteroatoms. The Morgan fingerprint density at radius 1 is 0.659 bits per heavy atom. The number of methoxy groups -OCH3 is 2. The number of aryl methyl sites for hydroxylation is 2. The summed E-state index contributed by atoms with van der Waals surface area (Å²) in [5.41, 5.74) is 8.03. The largest absolute Gasteiger partial charge is 0.493 e. The van der Waals surface area contributed by atoms with Crippen LogP contribution >= 0.6 is 10.7 Å². The first kappa shape index (κ1) is 31.5. The molecule has 0 unspecified atom stereocenters. The molecule has 0 aromatic heterocycles. The number of hydrogen-bond acceptors (Lipinski definition) is 7. The van der Waals surface area contributed by atoms with Crippen molar-refractivity contribution in [1.29, 1.82) is 0 Å². The molecule has 7 nitrogen and oxygen atoms in total. The highest BCUT2D eigenvalue weighted by Crippen LogP contribution is 2.35. The third-order valence-corrected chi connectivity index (χ3v) is 7.20. The molecule has 0 bridgehead atoms. The van der Waals surface area contributed by atoms with Gasteiger partial charge in [0.2, 0.25) is 0 Å². The van der Waals surface area contributed by atoms with Crippen LogP contribution in [0.15, 0.2) is 77.7 Å². The lowest BCUT2D eigenvalue weighted by molar-refractivity contribution is 0.370. The Morgan fingerprint density at radius 3 is 1.49 bits per heavy atom. The molecule has 0 saturated heterocycles. The molecule has 0 spiro atoms. The van der Waals surface area contributed by atoms with E-state index in [1.54, 1.807) is 31.4 Å². The van der Waals surface area contributed by atoms with Crippen molar-refractivity contribution < 1.29 is 36.1 Å². The smallest absolute Gasteiger partial charge is 0.261 e. The van der Waals surface area contributed by atoms with Gasteiger partial charge >= 0.3 is 0 Å². The van der Waals surface area contributed by atoms with E-state index in [9.17, 15) is 17.2 Å². The average molecular weight is 606 g/mol. The third kappa shape index (κ3) is 8.48. The van der Waals surface area contributed by atoms with Gasteiger partial charge in [-0.25, -0.2) is 17.2 Å². The first-order valence-corrected chi connectivity index (χ1v) is 14.8. The van der Waals surface area contributed by atoms with Gasteiger partial charge in [0, 0.05) is 22.4 Å². The monoisotopic (exact) mass is 605 g/mol. The topological polar surface area (TPSA) is 97.1 Å². The maximum atomic E-state index is 14.0. The second-order valence-corrected chi connectivity index (χ2v) is 11.2. The van der Waals surface area contributed by atoms with Crippen LogP contribution in [0.1, 0.15) is 25.0 Å². The molecule has 4 aromatic carbocycles. The Balaban J connectivity index is 0.000000228. The molecule has 0 aliphatic carbocycles. The molecule has 0 amide bonds. The molecular weight excluding hydrogens is 576 g/mol. The first-order chi connectivity index (χ1) is 19.5. The van der Waals surface area contributed by atoms with Gasteiger partial charge in [-0.05, 0) is 78.6 Å². The number of hydrogen-bond donors (Lipinski definition) is 1. The second-order valence-electron chi connectivity index (χ2n) is 8.60. The maximum absolute atomic E-state index is 14.0. The summed E-state index contributed by atoms with van der Waals surface area (Å²) < 4.78 is 71.4. The Labute approximate surface area is 242 Å². The summed E-state index contributed by atoms with van der Waals surface area (Å²) in [5, 5.41) is 0. The fourth-order valence-electron chi connectivity index (χ4n) is 3.59. The number of ether oxygens (including phenoxy) is 4. The van der Waals surface area contributed by atoms with Crippen LogP contribution in [0.5, 0.6) is 34.5 Å². The van der Waals surface area contributed by atoms with Crippen molar-refractivity contribution in [2.75, 3.05) is 20.0 Å². The zero-order valence-corrected chi connectivity index (χ0v) is 24.5. The molecule has 0 radical (unpaired) electrons. The molecule has 0 atom stereocenters. The summed E-state index contributed by atoms with van der Waals surface area (Å²) in [4.78, 5) is -0.327. The number of benzene rings is 4. The van der Waals surface area contributed by atoms with Gasteiger partial charge in [0.15, 0.2) is 46.1 Å². The summed E-state index contributed by atoms with van der Waals surface area (Å²) in [7, 11) is 4.23. The number of anilines is 1. The Bertz CT molecular complexity index is 1620. The predicted molar refractivity (Wildman–Crippen MR) is 155 cm³/mol. The predicted octanol–water partition coefficient (Wildman–Crippen LogP) is 7.89. The molecule has 0 fully saturated rings. The van der Waals surface area contributed by atoms with Crippen molar-refractivity contribution in [1.82, 2.24) is 0 Å². The molecule has 0 heterocycles. The quantitative estimate of drug-likeness (QED) is 0.153. The van der Waals surface area contributed by atoms with Crippen molar-refractivity contribution in [3.8, 4) is 34.5 Å². The van der Waals surface area contributed by atoms with E-state index >= 15 is 0 Å². The zero-order valence-electron chi connectivity index (χ0n) is 22.9. The van der Waals surface area contributed by atoms with E-state index in [0.29, 0.717) is 28.7 Å².